The summed E-state index contributed by atoms with van der Waals surface area (Å²) in [4.78, 5) is 25.6. The van der Waals surface area contributed by atoms with Crippen molar-refractivity contribution in [2.75, 3.05) is 19.5 Å². The highest BCUT2D eigenvalue weighted by atomic mass is 16.5. The first-order valence-electron chi connectivity index (χ1n) is 11.0. The lowest BCUT2D eigenvalue weighted by molar-refractivity contribution is -0.115. The Labute approximate surface area is 190 Å². The van der Waals surface area contributed by atoms with Gasteiger partial charge in [-0.25, -0.2) is 4.79 Å². The Balaban J connectivity index is 1.49. The summed E-state index contributed by atoms with van der Waals surface area (Å²) in [6.07, 6.45) is 4.08. The fourth-order valence-corrected chi connectivity index (χ4v) is 4.61. The van der Waals surface area contributed by atoms with Crippen LogP contribution >= 0.6 is 0 Å². The van der Waals surface area contributed by atoms with Crippen molar-refractivity contribution in [2.24, 2.45) is 0 Å². The summed E-state index contributed by atoms with van der Waals surface area (Å²) >= 11 is 0. The van der Waals surface area contributed by atoms with Gasteiger partial charge in [0.1, 0.15) is 28.4 Å². The van der Waals surface area contributed by atoms with Gasteiger partial charge in [-0.05, 0) is 49.9 Å². The number of rotatable bonds is 5. The van der Waals surface area contributed by atoms with Crippen LogP contribution in [0.5, 0.6) is 11.5 Å². The molecule has 0 radical (unpaired) electrons. The summed E-state index contributed by atoms with van der Waals surface area (Å²) < 4.78 is 22.2. The Morgan fingerprint density at radius 3 is 2.58 bits per heavy atom. The molecule has 0 aliphatic heterocycles. The third-order valence-electron chi connectivity index (χ3n) is 6.38. The largest absolute Gasteiger partial charge is 0.497 e. The van der Waals surface area contributed by atoms with E-state index in [1.165, 1.54) is 12.7 Å². The van der Waals surface area contributed by atoms with Gasteiger partial charge in [0.2, 0.25) is 5.91 Å². The molecular weight excluding hydrogens is 422 g/mol. The number of carbonyl (C=O) groups is 1. The van der Waals surface area contributed by atoms with Gasteiger partial charge >= 0.3 is 5.63 Å². The Bertz CT molecular complexity index is 1450. The molecule has 1 N–H and O–H groups in total. The fraction of sp³-hybridized carbons (Fsp3) is 0.308. The molecule has 0 fully saturated rings. The highest BCUT2D eigenvalue weighted by Gasteiger charge is 2.21. The van der Waals surface area contributed by atoms with Crippen LogP contribution in [0.15, 0.2) is 44.0 Å². The van der Waals surface area contributed by atoms with E-state index in [0.717, 1.165) is 53.4 Å². The standard InChI is InChI=1S/C26H25NO6/c1-14-17-11-19-16-6-4-5-7-21(16)32-23(19)13-22(17)33-26(29)18(14)12-25(28)27-20-9-8-15(30-2)10-24(20)31-3/h8-11,13H,4-7,12H2,1-3H3,(H,27,28). The van der Waals surface area contributed by atoms with Gasteiger partial charge in [-0.15, -0.1) is 0 Å². The highest BCUT2D eigenvalue weighted by Crippen LogP contribution is 2.35. The van der Waals surface area contributed by atoms with Crippen LogP contribution in [0.25, 0.3) is 21.9 Å². The van der Waals surface area contributed by atoms with Crippen molar-refractivity contribution in [3.05, 3.63) is 63.2 Å². The molecule has 1 aliphatic rings. The second-order valence-corrected chi connectivity index (χ2v) is 8.34. The molecule has 0 atom stereocenters. The van der Waals surface area contributed by atoms with Crippen LogP contribution in [-0.4, -0.2) is 20.1 Å². The molecule has 0 saturated carbocycles. The van der Waals surface area contributed by atoms with Crippen molar-refractivity contribution in [3.63, 3.8) is 0 Å². The second kappa shape index (κ2) is 8.31. The highest BCUT2D eigenvalue weighted by molar-refractivity contribution is 5.98. The third kappa shape index (κ3) is 3.73. The molecule has 0 bridgehead atoms. The summed E-state index contributed by atoms with van der Waals surface area (Å²) in [7, 11) is 3.07. The molecule has 0 unspecified atom stereocenters. The Morgan fingerprint density at radius 2 is 1.79 bits per heavy atom. The molecule has 2 aromatic heterocycles. The van der Waals surface area contributed by atoms with Gasteiger partial charge in [-0.2, -0.15) is 0 Å². The van der Waals surface area contributed by atoms with Crippen LogP contribution in [0.4, 0.5) is 5.69 Å². The van der Waals surface area contributed by atoms with Crippen molar-refractivity contribution in [2.45, 2.75) is 39.0 Å². The Kier molecular flexibility index (Phi) is 5.32. The molecule has 170 valence electrons. The number of amides is 1. The number of furan rings is 1. The molecular formula is C26H25NO6. The topological polar surface area (TPSA) is 90.9 Å². The van der Waals surface area contributed by atoms with E-state index in [2.05, 4.69) is 5.32 Å². The van der Waals surface area contributed by atoms with Crippen molar-refractivity contribution in [1.82, 2.24) is 0 Å². The number of fused-ring (bicyclic) bond motifs is 4. The van der Waals surface area contributed by atoms with E-state index in [9.17, 15) is 9.59 Å². The quantitative estimate of drug-likeness (QED) is 0.437. The van der Waals surface area contributed by atoms with Gasteiger partial charge in [0.15, 0.2) is 0 Å². The molecule has 4 aromatic rings. The van der Waals surface area contributed by atoms with Crippen LogP contribution in [0.2, 0.25) is 0 Å². The van der Waals surface area contributed by atoms with E-state index in [4.69, 9.17) is 18.3 Å². The van der Waals surface area contributed by atoms with Gasteiger partial charge in [-0.1, -0.05) is 0 Å². The smallest absolute Gasteiger partial charge is 0.340 e. The molecule has 1 aliphatic carbocycles. The zero-order chi connectivity index (χ0) is 23.1. The number of hydrogen-bond acceptors (Lipinski definition) is 6. The van der Waals surface area contributed by atoms with E-state index >= 15 is 0 Å². The van der Waals surface area contributed by atoms with Crippen molar-refractivity contribution >= 4 is 33.5 Å². The van der Waals surface area contributed by atoms with Gasteiger partial charge < -0.3 is 23.6 Å². The van der Waals surface area contributed by atoms with Crippen LogP contribution in [-0.2, 0) is 24.1 Å². The molecule has 7 nitrogen and oxygen atoms in total. The summed E-state index contributed by atoms with van der Waals surface area (Å²) in [6.45, 7) is 1.86. The van der Waals surface area contributed by atoms with Crippen molar-refractivity contribution < 1.29 is 23.1 Å². The van der Waals surface area contributed by atoms with Gasteiger partial charge in [0.25, 0.3) is 0 Å². The number of aryl methyl sites for hydroxylation is 3. The number of methoxy groups -OCH3 is 2. The molecule has 2 heterocycles. The summed E-state index contributed by atoms with van der Waals surface area (Å²) in [5, 5.41) is 4.70. The number of anilines is 1. The van der Waals surface area contributed by atoms with Crippen molar-refractivity contribution in [1.29, 1.82) is 0 Å². The van der Waals surface area contributed by atoms with Crippen LogP contribution < -0.4 is 20.4 Å². The summed E-state index contributed by atoms with van der Waals surface area (Å²) in [6, 6.07) is 8.94. The van der Waals surface area contributed by atoms with Gasteiger partial charge in [-0.3, -0.25) is 4.79 Å². The first-order chi connectivity index (χ1) is 16.0. The Hall–Kier alpha value is -3.74. The monoisotopic (exact) mass is 447 g/mol. The lowest BCUT2D eigenvalue weighted by atomic mass is 9.94. The minimum atomic E-state index is -0.521. The minimum Gasteiger partial charge on any atom is -0.497 e. The van der Waals surface area contributed by atoms with E-state index in [1.54, 1.807) is 31.4 Å². The molecule has 1 amide bonds. The Morgan fingerprint density at radius 1 is 1.00 bits per heavy atom. The number of nitrogens with one attached hydrogen (secondary N) is 1. The number of benzene rings is 2. The normalized spacial score (nSPS) is 13.2. The zero-order valence-corrected chi connectivity index (χ0v) is 18.9. The lowest BCUT2D eigenvalue weighted by Gasteiger charge is -2.12. The number of ether oxygens (including phenoxy) is 2. The predicted molar refractivity (Wildman–Crippen MR) is 126 cm³/mol. The average molecular weight is 447 g/mol. The fourth-order valence-electron chi connectivity index (χ4n) is 4.61. The summed E-state index contributed by atoms with van der Waals surface area (Å²) in [5.41, 5.74) is 3.51. The van der Waals surface area contributed by atoms with Crippen molar-refractivity contribution in [3.8, 4) is 11.5 Å². The first-order valence-corrected chi connectivity index (χ1v) is 11.0. The molecule has 0 saturated heterocycles. The lowest BCUT2D eigenvalue weighted by Crippen LogP contribution is -2.21. The molecule has 7 heteroatoms. The molecule has 33 heavy (non-hydrogen) atoms. The average Bonchev–Trinajstić information content (AvgIpc) is 3.18. The maximum Gasteiger partial charge on any atom is 0.340 e. The molecule has 2 aromatic carbocycles. The van der Waals surface area contributed by atoms with Gasteiger partial charge in [0.05, 0.1) is 31.9 Å². The van der Waals surface area contributed by atoms with Crippen LogP contribution in [0.1, 0.15) is 35.3 Å². The number of hydrogen-bond donors (Lipinski definition) is 1. The number of carbonyl (C=O) groups excluding carboxylic acids is 1. The van der Waals surface area contributed by atoms with E-state index in [0.29, 0.717) is 28.3 Å². The van der Waals surface area contributed by atoms with Crippen LogP contribution in [0, 0.1) is 6.92 Å². The summed E-state index contributed by atoms with van der Waals surface area (Å²) in [5.74, 6) is 1.77. The van der Waals surface area contributed by atoms with Crippen LogP contribution in [0.3, 0.4) is 0 Å². The van der Waals surface area contributed by atoms with E-state index in [-0.39, 0.29) is 12.3 Å². The minimum absolute atomic E-state index is 0.110. The van der Waals surface area contributed by atoms with E-state index in [1.807, 2.05) is 13.0 Å². The maximum atomic E-state index is 12.8. The predicted octanol–water partition coefficient (Wildman–Crippen LogP) is 4.92. The SMILES string of the molecule is COc1ccc(NC(=O)Cc2c(C)c3cc4c5c(oc4cc3oc2=O)CCCC5)c(OC)c1. The second-order valence-electron chi connectivity index (χ2n) is 8.34. The zero-order valence-electron chi connectivity index (χ0n) is 18.9. The molecule has 5 rings (SSSR count). The maximum absolute atomic E-state index is 12.8. The van der Waals surface area contributed by atoms with Gasteiger partial charge in [0, 0.05) is 34.9 Å². The first kappa shape index (κ1) is 21.1. The molecule has 0 spiro atoms. The van der Waals surface area contributed by atoms with E-state index < -0.39 is 5.63 Å². The third-order valence-corrected chi connectivity index (χ3v) is 6.38.